The molecule has 1 heterocycles. The maximum atomic E-state index is 13.2. The van der Waals surface area contributed by atoms with Gasteiger partial charge >= 0.3 is 0 Å². The number of aromatic amines is 1. The van der Waals surface area contributed by atoms with E-state index in [1.54, 1.807) is 12.1 Å². The highest BCUT2D eigenvalue weighted by Gasteiger charge is 2.09. The van der Waals surface area contributed by atoms with Crippen molar-refractivity contribution in [3.8, 4) is 11.4 Å². The smallest absolute Gasteiger partial charge is 0.141 e. The third-order valence-corrected chi connectivity index (χ3v) is 3.30. The van der Waals surface area contributed by atoms with Crippen LogP contribution in [-0.2, 0) is 6.54 Å². The van der Waals surface area contributed by atoms with E-state index in [0.29, 0.717) is 12.4 Å². The maximum absolute atomic E-state index is 13.2. The lowest BCUT2D eigenvalue weighted by Crippen LogP contribution is -1.96. The first-order valence-corrected chi connectivity index (χ1v) is 6.20. The lowest BCUT2D eigenvalue weighted by molar-refractivity contribution is 0.628. The van der Waals surface area contributed by atoms with Crippen LogP contribution in [0.4, 0.5) is 4.39 Å². The van der Waals surface area contributed by atoms with Crippen LogP contribution in [0.15, 0.2) is 36.4 Å². The van der Waals surface area contributed by atoms with E-state index >= 15 is 0 Å². The zero-order valence-corrected chi connectivity index (χ0v) is 10.7. The summed E-state index contributed by atoms with van der Waals surface area (Å²) in [6, 6.07) is 10.3. The van der Waals surface area contributed by atoms with Crippen molar-refractivity contribution in [1.82, 2.24) is 9.97 Å². The quantitative estimate of drug-likeness (QED) is 0.752. The Bertz CT molecular complexity index is 752. The Morgan fingerprint density at radius 3 is 2.84 bits per heavy atom. The second-order valence-electron chi connectivity index (χ2n) is 4.23. The van der Waals surface area contributed by atoms with E-state index in [4.69, 9.17) is 17.3 Å². The highest BCUT2D eigenvalue weighted by Crippen LogP contribution is 2.26. The molecule has 3 N–H and O–H groups in total. The molecule has 0 bridgehead atoms. The molecule has 3 nitrogen and oxygen atoms in total. The molecule has 0 spiro atoms. The molecule has 3 rings (SSSR count). The summed E-state index contributed by atoms with van der Waals surface area (Å²) in [4.78, 5) is 7.69. The van der Waals surface area contributed by atoms with Crippen LogP contribution in [0.2, 0.25) is 5.02 Å². The molecular formula is C14H11ClFN3. The zero-order chi connectivity index (χ0) is 13.4. The average Bonchev–Trinajstić information content (AvgIpc) is 2.85. The summed E-state index contributed by atoms with van der Waals surface area (Å²) >= 11 is 5.78. The van der Waals surface area contributed by atoms with Crippen LogP contribution >= 0.6 is 11.6 Å². The Hall–Kier alpha value is -1.91. The Labute approximate surface area is 114 Å². The SMILES string of the molecule is NCc1cccc2[nH]c(-c3ccc(F)c(Cl)c3)nc12. The first kappa shape index (κ1) is 12.1. The summed E-state index contributed by atoms with van der Waals surface area (Å²) in [6.07, 6.45) is 0. The van der Waals surface area contributed by atoms with Crippen molar-refractivity contribution in [3.05, 3.63) is 52.8 Å². The molecule has 0 fully saturated rings. The van der Waals surface area contributed by atoms with Crippen LogP contribution in [0.1, 0.15) is 5.56 Å². The minimum atomic E-state index is -0.441. The predicted molar refractivity (Wildman–Crippen MR) is 74.4 cm³/mol. The standard InChI is InChI=1S/C14H11ClFN3/c15-10-6-8(4-5-11(10)16)14-18-12-3-1-2-9(7-17)13(12)19-14/h1-6H,7,17H2,(H,18,19). The second-order valence-corrected chi connectivity index (χ2v) is 4.64. The largest absolute Gasteiger partial charge is 0.338 e. The monoisotopic (exact) mass is 275 g/mol. The summed E-state index contributed by atoms with van der Waals surface area (Å²) < 4.78 is 13.2. The highest BCUT2D eigenvalue weighted by molar-refractivity contribution is 6.31. The van der Waals surface area contributed by atoms with Gasteiger partial charge in [0.2, 0.25) is 0 Å². The molecule has 96 valence electrons. The number of benzene rings is 2. The van der Waals surface area contributed by atoms with Crippen molar-refractivity contribution >= 4 is 22.6 Å². The number of H-pyrrole nitrogens is 1. The fourth-order valence-corrected chi connectivity index (χ4v) is 2.22. The Morgan fingerprint density at radius 1 is 1.26 bits per heavy atom. The topological polar surface area (TPSA) is 54.7 Å². The van der Waals surface area contributed by atoms with Gasteiger partial charge in [-0.1, -0.05) is 23.7 Å². The van der Waals surface area contributed by atoms with E-state index in [2.05, 4.69) is 9.97 Å². The zero-order valence-electron chi connectivity index (χ0n) is 9.95. The number of rotatable bonds is 2. The Morgan fingerprint density at radius 2 is 2.11 bits per heavy atom. The first-order valence-electron chi connectivity index (χ1n) is 5.82. The molecule has 5 heteroatoms. The van der Waals surface area contributed by atoms with Crippen molar-refractivity contribution in [1.29, 1.82) is 0 Å². The number of halogens is 2. The summed E-state index contributed by atoms with van der Waals surface area (Å²) in [5.74, 6) is 0.210. The van der Waals surface area contributed by atoms with Gasteiger partial charge in [0.15, 0.2) is 0 Å². The second kappa shape index (κ2) is 4.64. The van der Waals surface area contributed by atoms with Crippen molar-refractivity contribution in [2.75, 3.05) is 0 Å². The number of para-hydroxylation sites is 1. The Kier molecular flexibility index (Phi) is 2.97. The van der Waals surface area contributed by atoms with Crippen LogP contribution < -0.4 is 5.73 Å². The van der Waals surface area contributed by atoms with Gasteiger partial charge in [-0.05, 0) is 29.8 Å². The number of nitrogens with two attached hydrogens (primary N) is 1. The molecule has 0 radical (unpaired) electrons. The predicted octanol–water partition coefficient (Wildman–Crippen LogP) is 3.48. The van der Waals surface area contributed by atoms with Crippen molar-refractivity contribution in [2.45, 2.75) is 6.54 Å². The number of nitrogens with one attached hydrogen (secondary N) is 1. The van der Waals surface area contributed by atoms with E-state index in [9.17, 15) is 4.39 Å². The van der Waals surface area contributed by atoms with Crippen molar-refractivity contribution < 1.29 is 4.39 Å². The summed E-state index contributed by atoms with van der Waals surface area (Å²) in [7, 11) is 0. The van der Waals surface area contributed by atoms with Gasteiger partial charge in [-0.25, -0.2) is 9.37 Å². The highest BCUT2D eigenvalue weighted by atomic mass is 35.5. The Balaban J connectivity index is 2.17. The number of aromatic nitrogens is 2. The van der Waals surface area contributed by atoms with Crippen molar-refractivity contribution in [2.24, 2.45) is 5.73 Å². The molecule has 0 atom stereocenters. The van der Waals surface area contributed by atoms with Crippen LogP contribution in [0.3, 0.4) is 0 Å². The van der Waals surface area contributed by atoms with Gasteiger partial charge in [0.1, 0.15) is 11.6 Å². The molecule has 0 aliphatic carbocycles. The minimum absolute atomic E-state index is 0.0806. The van der Waals surface area contributed by atoms with Gasteiger partial charge in [0.25, 0.3) is 0 Å². The third-order valence-electron chi connectivity index (χ3n) is 3.01. The summed E-state index contributed by atoms with van der Waals surface area (Å²) in [5.41, 5.74) is 9.13. The number of nitrogens with zero attached hydrogens (tertiary/aromatic N) is 1. The van der Waals surface area contributed by atoms with Gasteiger partial charge in [-0.3, -0.25) is 0 Å². The van der Waals surface area contributed by atoms with Gasteiger partial charge in [0, 0.05) is 12.1 Å². The van der Waals surface area contributed by atoms with Crippen molar-refractivity contribution in [3.63, 3.8) is 0 Å². The fraction of sp³-hybridized carbons (Fsp3) is 0.0714. The van der Waals surface area contributed by atoms with Gasteiger partial charge in [0.05, 0.1) is 16.1 Å². The number of fused-ring (bicyclic) bond motifs is 1. The maximum Gasteiger partial charge on any atom is 0.141 e. The molecule has 0 aliphatic rings. The van der Waals surface area contributed by atoms with E-state index < -0.39 is 5.82 Å². The first-order chi connectivity index (χ1) is 9.19. The average molecular weight is 276 g/mol. The van der Waals surface area contributed by atoms with Crippen LogP contribution in [0.25, 0.3) is 22.4 Å². The molecule has 2 aromatic carbocycles. The molecule has 0 amide bonds. The molecular weight excluding hydrogens is 265 g/mol. The van der Waals surface area contributed by atoms with Gasteiger partial charge in [-0.2, -0.15) is 0 Å². The molecule has 0 saturated carbocycles. The third kappa shape index (κ3) is 2.09. The normalized spacial score (nSPS) is 11.1. The van der Waals surface area contributed by atoms with Crippen LogP contribution in [0.5, 0.6) is 0 Å². The molecule has 1 aromatic heterocycles. The van der Waals surface area contributed by atoms with E-state index in [1.807, 2.05) is 18.2 Å². The summed E-state index contributed by atoms with van der Waals surface area (Å²) in [5, 5.41) is 0.0806. The van der Waals surface area contributed by atoms with Crippen LogP contribution in [0, 0.1) is 5.82 Å². The number of imidazole rings is 1. The van der Waals surface area contributed by atoms with Gasteiger partial charge < -0.3 is 10.7 Å². The fourth-order valence-electron chi connectivity index (χ4n) is 2.04. The number of hydrogen-bond donors (Lipinski definition) is 2. The molecule has 0 aliphatic heterocycles. The van der Waals surface area contributed by atoms with E-state index in [1.165, 1.54) is 6.07 Å². The molecule has 19 heavy (non-hydrogen) atoms. The lowest BCUT2D eigenvalue weighted by atomic mass is 10.2. The minimum Gasteiger partial charge on any atom is -0.338 e. The van der Waals surface area contributed by atoms with E-state index in [-0.39, 0.29) is 5.02 Å². The van der Waals surface area contributed by atoms with Gasteiger partial charge in [-0.15, -0.1) is 0 Å². The molecule has 0 unspecified atom stereocenters. The summed E-state index contributed by atoms with van der Waals surface area (Å²) in [6.45, 7) is 0.422. The number of hydrogen-bond acceptors (Lipinski definition) is 2. The molecule has 0 saturated heterocycles. The lowest BCUT2D eigenvalue weighted by Gasteiger charge is -1.98. The van der Waals surface area contributed by atoms with Crippen LogP contribution in [-0.4, -0.2) is 9.97 Å². The molecule has 3 aromatic rings. The van der Waals surface area contributed by atoms with E-state index in [0.717, 1.165) is 22.2 Å².